The van der Waals surface area contributed by atoms with Crippen LogP contribution in [0, 0.1) is 12.5 Å². The van der Waals surface area contributed by atoms with Gasteiger partial charge in [-0.1, -0.05) is 26.7 Å². The lowest BCUT2D eigenvalue weighted by Crippen LogP contribution is -2.66. The van der Waals surface area contributed by atoms with Crippen LogP contribution in [0.1, 0.15) is 119 Å². The molecule has 1 unspecified atom stereocenters. The van der Waals surface area contributed by atoms with Crippen LogP contribution in [0.5, 0.6) is 0 Å². The average Bonchev–Trinajstić information content (AvgIpc) is 3.19. The fourth-order valence-corrected chi connectivity index (χ4v) is 6.10. The normalized spacial score (nSPS) is 19.6. The first-order chi connectivity index (χ1) is 29.0. The van der Waals surface area contributed by atoms with Crippen molar-refractivity contribution in [2.75, 3.05) is 66.1 Å². The summed E-state index contributed by atoms with van der Waals surface area (Å²) in [5, 5.41) is 2.66. The minimum Gasteiger partial charge on any atom is -0.463 e. The highest BCUT2D eigenvalue weighted by molar-refractivity contribution is 5.80. The maximum atomic E-state index is 12.3. The van der Waals surface area contributed by atoms with E-state index in [-0.39, 0.29) is 62.9 Å². The fourth-order valence-electron chi connectivity index (χ4n) is 6.10. The van der Waals surface area contributed by atoms with Crippen LogP contribution in [-0.2, 0) is 76.2 Å². The molecule has 0 aromatic heterocycles. The second-order valence-corrected chi connectivity index (χ2v) is 15.5. The van der Waals surface area contributed by atoms with Gasteiger partial charge in [0, 0.05) is 92.5 Å². The molecule has 61 heavy (non-hydrogen) atoms. The first kappa shape index (κ1) is 55.2. The second kappa shape index (κ2) is 31.9. The monoisotopic (exact) mass is 870 g/mol. The number of carbonyl (C=O) groups excluding carboxylic acids is 7. The van der Waals surface area contributed by atoms with Crippen LogP contribution in [0.15, 0.2) is 0 Å². The second-order valence-electron chi connectivity index (χ2n) is 15.5. The van der Waals surface area contributed by atoms with E-state index in [1.807, 2.05) is 20.8 Å². The first-order valence-electron chi connectivity index (χ1n) is 21.3. The largest absolute Gasteiger partial charge is 0.463 e. The molecule has 0 saturated carbocycles. The standard InChI is InChI=1S/C43H70N2O16/c1-30(2)43(7,44-8)19-18-35(50)16-13-20-53-23-26-56-28-37(52)17-14-21-54-24-25-55-27-36(51)15-11-9-10-12-22-57-42-39(45-31(3)46)41(60-34(6)49)40(59-33(5)48)38(61-42)29-58-32(4)47/h30,38-42H,9-29H2,1-7H3,(H,45,46)/t38-,39-,40+,41-,42-,43?/m1/s1. The van der Waals surface area contributed by atoms with Crippen molar-refractivity contribution in [2.24, 2.45) is 5.92 Å². The molecular weight excluding hydrogens is 800 g/mol. The van der Waals surface area contributed by atoms with E-state index < -0.39 is 60.0 Å². The highest BCUT2D eigenvalue weighted by atomic mass is 16.7. The SMILES string of the molecule is [C-]#[N+]C(C)(CCC(=O)CCCOCCOCC(=O)CCCOCCOCC(=O)CCCCCCO[C@@H]1O[C@H](COC(C)=O)[C@H](OC(C)=O)[C@H](OC(C)=O)[C@H]1NC(C)=O)C(C)C. The van der Waals surface area contributed by atoms with Crippen LogP contribution in [0.4, 0.5) is 0 Å². The highest BCUT2D eigenvalue weighted by Gasteiger charge is 2.51. The van der Waals surface area contributed by atoms with Gasteiger partial charge in [-0.25, -0.2) is 6.57 Å². The lowest BCUT2D eigenvalue weighted by Gasteiger charge is -2.44. The summed E-state index contributed by atoms with van der Waals surface area (Å²) >= 11 is 0. The van der Waals surface area contributed by atoms with Gasteiger partial charge in [0.15, 0.2) is 30.1 Å². The molecule has 6 atom stereocenters. The van der Waals surface area contributed by atoms with E-state index in [0.717, 1.165) is 19.8 Å². The lowest BCUT2D eigenvalue weighted by atomic mass is 9.84. The molecule has 1 N–H and O–H groups in total. The van der Waals surface area contributed by atoms with Gasteiger partial charge >= 0.3 is 17.9 Å². The molecule has 1 fully saturated rings. The number of carbonyl (C=O) groups is 7. The number of hydrogen-bond donors (Lipinski definition) is 1. The zero-order valence-corrected chi connectivity index (χ0v) is 37.3. The number of amides is 1. The Morgan fingerprint density at radius 1 is 0.639 bits per heavy atom. The Morgan fingerprint density at radius 2 is 1.16 bits per heavy atom. The van der Waals surface area contributed by atoms with E-state index in [1.54, 1.807) is 0 Å². The smallest absolute Gasteiger partial charge is 0.303 e. The van der Waals surface area contributed by atoms with Crippen molar-refractivity contribution in [3.63, 3.8) is 0 Å². The Morgan fingerprint density at radius 3 is 1.69 bits per heavy atom. The summed E-state index contributed by atoms with van der Waals surface area (Å²) in [5.74, 6) is -2.21. The number of unbranched alkanes of at least 4 members (excludes halogenated alkanes) is 3. The summed E-state index contributed by atoms with van der Waals surface area (Å²) in [6.45, 7) is 19.9. The minimum atomic E-state index is -1.20. The number of nitrogens with one attached hydrogen (secondary N) is 1. The number of hydrogen-bond acceptors (Lipinski definition) is 16. The molecule has 1 saturated heterocycles. The maximum Gasteiger partial charge on any atom is 0.303 e. The lowest BCUT2D eigenvalue weighted by molar-refractivity contribution is -0.277. The molecule has 1 aliphatic heterocycles. The predicted molar refractivity (Wildman–Crippen MR) is 219 cm³/mol. The molecule has 1 heterocycles. The number of nitrogens with zero attached hydrogens (tertiary/aromatic N) is 1. The van der Waals surface area contributed by atoms with Gasteiger partial charge in [0.1, 0.15) is 37.7 Å². The van der Waals surface area contributed by atoms with Crippen molar-refractivity contribution in [2.45, 2.75) is 155 Å². The summed E-state index contributed by atoms with van der Waals surface area (Å²) in [6.07, 6.45) is 1.31. The Hall–Kier alpha value is -3.86. The third-order valence-electron chi connectivity index (χ3n) is 9.87. The van der Waals surface area contributed by atoms with Gasteiger partial charge in [-0.15, -0.1) is 0 Å². The summed E-state index contributed by atoms with van der Waals surface area (Å²) < 4.78 is 49.7. The van der Waals surface area contributed by atoms with Crippen molar-refractivity contribution in [1.29, 1.82) is 0 Å². The molecule has 0 aliphatic carbocycles. The van der Waals surface area contributed by atoms with Gasteiger partial charge in [-0.3, -0.25) is 33.6 Å². The molecule has 0 radical (unpaired) electrons. The van der Waals surface area contributed by atoms with E-state index in [4.69, 9.17) is 49.2 Å². The average molecular weight is 871 g/mol. The number of ketones is 3. The topological polar surface area (TPSA) is 219 Å². The van der Waals surface area contributed by atoms with Crippen LogP contribution in [0.25, 0.3) is 4.85 Å². The van der Waals surface area contributed by atoms with Crippen molar-refractivity contribution in [3.05, 3.63) is 11.4 Å². The number of ether oxygens (including phenoxy) is 9. The third kappa shape index (κ3) is 25.6. The Balaban J connectivity index is 2.16. The molecule has 0 bridgehead atoms. The summed E-state index contributed by atoms with van der Waals surface area (Å²) in [6, 6.07) is -1.03. The van der Waals surface area contributed by atoms with Gasteiger partial charge < -0.3 is 52.8 Å². The van der Waals surface area contributed by atoms with E-state index in [9.17, 15) is 33.6 Å². The van der Waals surface area contributed by atoms with Gasteiger partial charge in [-0.05, 0) is 25.7 Å². The number of esters is 3. The summed E-state index contributed by atoms with van der Waals surface area (Å²) in [4.78, 5) is 87.6. The van der Waals surface area contributed by atoms with Crippen LogP contribution in [0.2, 0.25) is 0 Å². The maximum absolute atomic E-state index is 12.3. The molecule has 1 aliphatic rings. The Labute approximate surface area is 360 Å². The molecule has 18 nitrogen and oxygen atoms in total. The number of Topliss-reactive ketones (excluding diaryl/α,β-unsaturated/α-hetero) is 3. The van der Waals surface area contributed by atoms with Crippen molar-refractivity contribution in [3.8, 4) is 0 Å². The first-order valence-corrected chi connectivity index (χ1v) is 21.3. The van der Waals surface area contributed by atoms with E-state index in [1.165, 1.54) is 20.8 Å². The zero-order chi connectivity index (χ0) is 45.6. The van der Waals surface area contributed by atoms with Gasteiger partial charge in [0.2, 0.25) is 11.4 Å². The molecule has 348 valence electrons. The molecule has 1 rings (SSSR count). The van der Waals surface area contributed by atoms with Gasteiger partial charge in [0.25, 0.3) is 0 Å². The van der Waals surface area contributed by atoms with Gasteiger partial charge in [0.05, 0.1) is 26.4 Å². The number of rotatable bonds is 35. The van der Waals surface area contributed by atoms with Crippen LogP contribution >= 0.6 is 0 Å². The third-order valence-corrected chi connectivity index (χ3v) is 9.87. The summed E-state index contributed by atoms with van der Waals surface area (Å²) in [5.41, 5.74) is -0.509. The Kier molecular flexibility index (Phi) is 28.9. The van der Waals surface area contributed by atoms with E-state index in [2.05, 4.69) is 10.2 Å². The molecule has 0 aromatic carbocycles. The van der Waals surface area contributed by atoms with Crippen LogP contribution < -0.4 is 5.32 Å². The predicted octanol–water partition coefficient (Wildman–Crippen LogP) is 4.06. The van der Waals surface area contributed by atoms with Crippen molar-refractivity contribution >= 4 is 41.2 Å². The van der Waals surface area contributed by atoms with E-state index >= 15 is 0 Å². The minimum absolute atomic E-state index is 0.00708. The molecule has 18 heteroatoms. The summed E-state index contributed by atoms with van der Waals surface area (Å²) in [7, 11) is 0. The molecule has 0 spiro atoms. The Bertz CT molecular complexity index is 1400. The zero-order valence-electron chi connectivity index (χ0n) is 37.3. The van der Waals surface area contributed by atoms with Crippen molar-refractivity contribution in [1.82, 2.24) is 5.32 Å². The van der Waals surface area contributed by atoms with E-state index in [0.29, 0.717) is 84.2 Å². The highest BCUT2D eigenvalue weighted by Crippen LogP contribution is 2.29. The quantitative estimate of drug-likeness (QED) is 0.0411. The fraction of sp³-hybridized carbons (Fsp3) is 0.814. The van der Waals surface area contributed by atoms with Crippen LogP contribution in [-0.4, -0.2) is 143 Å². The van der Waals surface area contributed by atoms with Crippen molar-refractivity contribution < 1.29 is 76.2 Å². The molecule has 1 amide bonds. The molecular formula is C43H70N2O16. The molecule has 0 aromatic rings. The van der Waals surface area contributed by atoms with Crippen LogP contribution in [0.3, 0.4) is 0 Å². The van der Waals surface area contributed by atoms with Gasteiger partial charge in [-0.2, -0.15) is 0 Å².